The largest absolute Gasteiger partial charge is 0.457 e. The van der Waals surface area contributed by atoms with Gasteiger partial charge in [-0.1, -0.05) is 111 Å². The first-order chi connectivity index (χ1) is 38.3. The highest BCUT2D eigenvalue weighted by Crippen LogP contribution is 2.39. The van der Waals surface area contributed by atoms with Crippen molar-refractivity contribution >= 4 is 40.7 Å². The molecule has 2 aliphatic rings. The number of nitrogens with zero attached hydrogens (tertiary/aromatic N) is 2. The van der Waals surface area contributed by atoms with Gasteiger partial charge >= 0.3 is 0 Å². The zero-order valence-corrected chi connectivity index (χ0v) is 43.2. The summed E-state index contributed by atoms with van der Waals surface area (Å²) >= 11 is 0. The van der Waals surface area contributed by atoms with Crippen LogP contribution in [0.25, 0.3) is 22.3 Å². The Kier molecular flexibility index (Phi) is 12.6. The number of hydrogen-bond acceptors (Lipinski definition) is 9. The van der Waals surface area contributed by atoms with Gasteiger partial charge in [-0.3, -0.25) is 19.2 Å². The Labute approximate surface area is 456 Å². The molecule has 0 fully saturated rings. The number of amides is 4. The van der Waals surface area contributed by atoms with Crippen molar-refractivity contribution in [2.75, 3.05) is 15.5 Å². The molecule has 2 N–H and O–H groups in total. The second-order valence-electron chi connectivity index (χ2n) is 19.9. The third-order valence-electron chi connectivity index (χ3n) is 14.3. The summed E-state index contributed by atoms with van der Waals surface area (Å²) in [6.45, 7) is 6.25. The van der Waals surface area contributed by atoms with Crippen LogP contribution in [0.1, 0.15) is 72.0 Å². The molecule has 0 atom stereocenters. The summed E-state index contributed by atoms with van der Waals surface area (Å²) in [4.78, 5) is 57.3. The Bertz CT molecular complexity index is 4020. The van der Waals surface area contributed by atoms with Crippen LogP contribution in [0.4, 0.5) is 17.1 Å². The quantitative estimate of drug-likeness (QED) is 0.0833. The van der Waals surface area contributed by atoms with Crippen molar-refractivity contribution in [3.05, 3.63) is 269 Å². The van der Waals surface area contributed by atoms with Gasteiger partial charge in [0, 0.05) is 23.2 Å². The molecule has 12 rings (SSSR count). The van der Waals surface area contributed by atoms with Crippen molar-refractivity contribution in [3.63, 3.8) is 0 Å². The summed E-state index contributed by atoms with van der Waals surface area (Å²) in [5.41, 5.74) is 15.3. The van der Waals surface area contributed by atoms with E-state index in [9.17, 15) is 19.2 Å². The van der Waals surface area contributed by atoms with Gasteiger partial charge in [0.2, 0.25) is 0 Å². The summed E-state index contributed by atoms with van der Waals surface area (Å²) in [7, 11) is 0. The van der Waals surface area contributed by atoms with E-state index in [1.807, 2.05) is 140 Å². The first-order valence-electron chi connectivity index (χ1n) is 25.6. The van der Waals surface area contributed by atoms with Crippen molar-refractivity contribution in [1.29, 1.82) is 0 Å². The third-order valence-corrected chi connectivity index (χ3v) is 14.3. The summed E-state index contributed by atoms with van der Waals surface area (Å²) in [6.07, 6.45) is 0. The van der Waals surface area contributed by atoms with E-state index in [0.717, 1.165) is 43.8 Å². The van der Waals surface area contributed by atoms with Crippen LogP contribution in [-0.2, 0) is 5.41 Å². The van der Waals surface area contributed by atoms with Gasteiger partial charge in [-0.15, -0.1) is 0 Å². The van der Waals surface area contributed by atoms with Crippen LogP contribution >= 0.6 is 0 Å². The SMILES string of the molecule is Cc1cccc(Oc2cccc(Oc3cccc(N4C(=O)c5ccc(Oc6ccc(C(C)(C)c7ccc(Oc8ccc9c(c8)C(=O)N(c8ccc(-c%10ccc(-c%11ccc(N)cc%11)cc%10)cc8)C9=O)cc7)cc6)cc5C4=O)c3)c2)c1. The molecule has 11 heteroatoms. The number of imide groups is 2. The summed E-state index contributed by atoms with van der Waals surface area (Å²) in [5, 5.41) is 0. The average Bonchev–Trinajstić information content (AvgIpc) is 3.91. The normalized spacial score (nSPS) is 12.8. The smallest absolute Gasteiger partial charge is 0.266 e. The molecule has 2 heterocycles. The fourth-order valence-corrected chi connectivity index (χ4v) is 9.93. The van der Waals surface area contributed by atoms with E-state index >= 15 is 0 Å². The summed E-state index contributed by atoms with van der Waals surface area (Å²) < 4.78 is 24.7. The van der Waals surface area contributed by atoms with E-state index in [-0.39, 0.29) is 16.7 Å². The number of benzene rings is 10. The van der Waals surface area contributed by atoms with E-state index in [1.54, 1.807) is 84.9 Å². The van der Waals surface area contributed by atoms with Gasteiger partial charge in [0.1, 0.15) is 46.0 Å². The summed E-state index contributed by atoms with van der Waals surface area (Å²) in [6, 6.07) is 70.5. The summed E-state index contributed by atoms with van der Waals surface area (Å²) in [5.74, 6) is 2.52. The van der Waals surface area contributed by atoms with E-state index in [0.29, 0.717) is 68.6 Å². The van der Waals surface area contributed by atoms with Gasteiger partial charge in [0.25, 0.3) is 23.6 Å². The standard InChI is InChI=1S/C68H49N3O8/c1-42-7-4-9-54(37-42)78-56-11-6-12-57(39-56)79-55-10-5-8-51(38-55)71-65(73)61-36-34-59(41-63(61)67(71)75)77-53-31-23-48(24-32-53)68(2,3)47-21-29-52(30-22-47)76-58-33-35-60-62(40-58)66(74)70(64(60)72)50-27-19-46(20-28-50)44-15-13-43(14-16-44)45-17-25-49(69)26-18-45/h4-41H,69H2,1-3H3. The van der Waals surface area contributed by atoms with Crippen LogP contribution in [0.2, 0.25) is 0 Å². The van der Waals surface area contributed by atoms with Crippen LogP contribution in [-0.4, -0.2) is 23.6 Å². The minimum atomic E-state index is -0.469. The van der Waals surface area contributed by atoms with E-state index in [4.69, 9.17) is 24.7 Å². The molecular formula is C68H49N3O8. The number of carbonyl (C=O) groups excluding carboxylic acids is 4. The van der Waals surface area contributed by atoms with E-state index in [2.05, 4.69) is 26.0 Å². The minimum Gasteiger partial charge on any atom is -0.457 e. The number of carbonyl (C=O) groups is 4. The topological polar surface area (TPSA) is 138 Å². The highest BCUT2D eigenvalue weighted by Gasteiger charge is 2.38. The molecule has 0 aromatic heterocycles. The Morgan fingerprint density at radius 2 is 0.684 bits per heavy atom. The molecule has 0 spiro atoms. The van der Waals surface area contributed by atoms with Gasteiger partial charge < -0.3 is 24.7 Å². The molecule has 10 aromatic rings. The van der Waals surface area contributed by atoms with Crippen LogP contribution in [0.15, 0.2) is 231 Å². The van der Waals surface area contributed by atoms with Crippen LogP contribution in [0, 0.1) is 6.92 Å². The number of rotatable bonds is 14. The molecule has 0 bridgehead atoms. The van der Waals surface area contributed by atoms with Gasteiger partial charge in [-0.05, 0) is 167 Å². The Hall–Kier alpha value is -10.5. The molecule has 10 aromatic carbocycles. The number of hydrogen-bond donors (Lipinski definition) is 1. The maximum Gasteiger partial charge on any atom is 0.266 e. The second-order valence-corrected chi connectivity index (χ2v) is 19.9. The monoisotopic (exact) mass is 1040 g/mol. The van der Waals surface area contributed by atoms with Crippen LogP contribution in [0.3, 0.4) is 0 Å². The van der Waals surface area contributed by atoms with Gasteiger partial charge in [-0.2, -0.15) is 0 Å². The highest BCUT2D eigenvalue weighted by molar-refractivity contribution is 6.35. The number of aryl methyl sites for hydroxylation is 1. The molecule has 0 saturated carbocycles. The average molecular weight is 1040 g/mol. The van der Waals surface area contributed by atoms with Crippen molar-refractivity contribution < 1.29 is 38.1 Å². The number of nitrogens with two attached hydrogens (primary N) is 1. The zero-order valence-electron chi connectivity index (χ0n) is 43.2. The lowest BCUT2D eigenvalue weighted by atomic mass is 9.78. The lowest BCUT2D eigenvalue weighted by molar-refractivity contribution is 0.0910. The molecule has 0 radical (unpaired) electrons. The van der Waals surface area contributed by atoms with Gasteiger partial charge in [0.15, 0.2) is 0 Å². The Morgan fingerprint density at radius 1 is 0.329 bits per heavy atom. The molecular weight excluding hydrogens is 987 g/mol. The lowest BCUT2D eigenvalue weighted by Crippen LogP contribution is -2.29. The minimum absolute atomic E-state index is 0.235. The molecule has 11 nitrogen and oxygen atoms in total. The van der Waals surface area contributed by atoms with Crippen molar-refractivity contribution in [2.45, 2.75) is 26.2 Å². The van der Waals surface area contributed by atoms with Crippen LogP contribution < -0.4 is 34.5 Å². The maximum absolute atomic E-state index is 13.9. The predicted octanol–water partition coefficient (Wildman–Crippen LogP) is 16.0. The zero-order chi connectivity index (χ0) is 54.4. The number of anilines is 3. The predicted molar refractivity (Wildman–Crippen MR) is 306 cm³/mol. The Balaban J connectivity index is 0.665. The number of fused-ring (bicyclic) bond motifs is 2. The van der Waals surface area contributed by atoms with Crippen molar-refractivity contribution in [3.8, 4) is 68.2 Å². The third kappa shape index (κ3) is 9.84. The van der Waals surface area contributed by atoms with Crippen molar-refractivity contribution in [1.82, 2.24) is 0 Å². The van der Waals surface area contributed by atoms with E-state index in [1.165, 1.54) is 4.90 Å². The lowest BCUT2D eigenvalue weighted by Gasteiger charge is -2.26. The molecule has 0 unspecified atom stereocenters. The molecule has 0 aliphatic carbocycles. The van der Waals surface area contributed by atoms with Gasteiger partial charge in [-0.25, -0.2) is 9.80 Å². The molecule has 0 saturated heterocycles. The maximum atomic E-state index is 13.9. The Morgan fingerprint density at radius 3 is 1.16 bits per heavy atom. The second kappa shape index (κ2) is 20.2. The molecule has 4 amide bonds. The molecule has 384 valence electrons. The first-order valence-corrected chi connectivity index (χ1v) is 25.6. The number of ether oxygens (including phenoxy) is 4. The van der Waals surface area contributed by atoms with E-state index < -0.39 is 29.0 Å². The first kappa shape index (κ1) is 49.4. The van der Waals surface area contributed by atoms with Gasteiger partial charge in [0.05, 0.1) is 33.6 Å². The fourth-order valence-electron chi connectivity index (χ4n) is 9.93. The molecule has 79 heavy (non-hydrogen) atoms. The highest BCUT2D eigenvalue weighted by atomic mass is 16.5. The van der Waals surface area contributed by atoms with Crippen LogP contribution in [0.5, 0.6) is 46.0 Å². The van der Waals surface area contributed by atoms with Crippen molar-refractivity contribution in [2.24, 2.45) is 0 Å². The molecule has 2 aliphatic heterocycles. The number of nitrogen functional groups attached to an aromatic ring is 1. The fraction of sp³-hybridized carbons (Fsp3) is 0.0588.